The maximum absolute atomic E-state index is 4.81. The summed E-state index contributed by atoms with van der Waals surface area (Å²) < 4.78 is 2.22. The lowest BCUT2D eigenvalue weighted by Gasteiger charge is -2.24. The summed E-state index contributed by atoms with van der Waals surface area (Å²) in [7, 11) is 2.11. The molecule has 2 heterocycles. The molecule has 0 saturated carbocycles. The van der Waals surface area contributed by atoms with Crippen molar-refractivity contribution in [3.63, 3.8) is 0 Å². The van der Waals surface area contributed by atoms with Crippen LogP contribution in [0, 0.1) is 0 Å². The highest BCUT2D eigenvalue weighted by Crippen LogP contribution is 2.32. The van der Waals surface area contributed by atoms with Gasteiger partial charge in [0.1, 0.15) is 5.82 Å². The van der Waals surface area contributed by atoms with Crippen molar-refractivity contribution >= 4 is 11.0 Å². The fourth-order valence-corrected chi connectivity index (χ4v) is 3.22. The monoisotopic (exact) mass is 257 g/mol. The van der Waals surface area contributed by atoms with Gasteiger partial charge in [-0.15, -0.1) is 0 Å². The first-order valence-electron chi connectivity index (χ1n) is 7.23. The molecule has 0 radical (unpaired) electrons. The van der Waals surface area contributed by atoms with E-state index in [2.05, 4.69) is 55.9 Å². The van der Waals surface area contributed by atoms with Gasteiger partial charge in [0.15, 0.2) is 0 Å². The first kappa shape index (κ1) is 12.7. The summed E-state index contributed by atoms with van der Waals surface area (Å²) >= 11 is 0. The first-order chi connectivity index (χ1) is 9.01. The van der Waals surface area contributed by atoms with Gasteiger partial charge in [-0.1, -0.05) is 19.9 Å². The second-order valence-corrected chi connectivity index (χ2v) is 6.25. The second kappa shape index (κ2) is 4.34. The number of imidazole rings is 1. The SMILES string of the molecule is CC(C)c1nc2cc(C3(C)CCCN3)ccc2n1C. The van der Waals surface area contributed by atoms with E-state index in [9.17, 15) is 0 Å². The molecule has 3 nitrogen and oxygen atoms in total. The molecule has 1 aromatic carbocycles. The van der Waals surface area contributed by atoms with Crippen molar-refractivity contribution in [3.8, 4) is 0 Å². The third-order valence-electron chi connectivity index (χ3n) is 4.44. The third kappa shape index (κ3) is 1.96. The third-order valence-corrected chi connectivity index (χ3v) is 4.44. The van der Waals surface area contributed by atoms with E-state index in [1.165, 1.54) is 23.9 Å². The van der Waals surface area contributed by atoms with Crippen molar-refractivity contribution in [2.24, 2.45) is 7.05 Å². The van der Waals surface area contributed by atoms with Crippen molar-refractivity contribution in [3.05, 3.63) is 29.6 Å². The van der Waals surface area contributed by atoms with Crippen LogP contribution in [-0.4, -0.2) is 16.1 Å². The number of nitrogens with one attached hydrogen (secondary N) is 1. The van der Waals surface area contributed by atoms with Gasteiger partial charge in [-0.25, -0.2) is 4.98 Å². The van der Waals surface area contributed by atoms with E-state index in [1.54, 1.807) is 0 Å². The number of hydrogen-bond acceptors (Lipinski definition) is 2. The lowest BCUT2D eigenvalue weighted by atomic mass is 9.90. The molecule has 3 heteroatoms. The largest absolute Gasteiger partial charge is 0.331 e. The maximum atomic E-state index is 4.81. The summed E-state index contributed by atoms with van der Waals surface area (Å²) in [6.07, 6.45) is 2.47. The maximum Gasteiger partial charge on any atom is 0.112 e. The zero-order valence-corrected chi connectivity index (χ0v) is 12.3. The highest BCUT2D eigenvalue weighted by Gasteiger charge is 2.30. The zero-order chi connectivity index (χ0) is 13.6. The van der Waals surface area contributed by atoms with E-state index in [-0.39, 0.29) is 5.54 Å². The molecule has 1 fully saturated rings. The Bertz CT molecular complexity index is 604. The summed E-state index contributed by atoms with van der Waals surface area (Å²) in [5.74, 6) is 1.62. The molecule has 1 aromatic heterocycles. The van der Waals surface area contributed by atoms with Gasteiger partial charge in [-0.05, 0) is 44.0 Å². The highest BCUT2D eigenvalue weighted by molar-refractivity contribution is 5.77. The Balaban J connectivity index is 2.11. The van der Waals surface area contributed by atoms with Crippen molar-refractivity contribution in [2.75, 3.05) is 6.54 Å². The summed E-state index contributed by atoms with van der Waals surface area (Å²) in [6, 6.07) is 6.74. The molecule has 0 bridgehead atoms. The van der Waals surface area contributed by atoms with Crippen LogP contribution in [0.25, 0.3) is 11.0 Å². The molecule has 102 valence electrons. The highest BCUT2D eigenvalue weighted by atomic mass is 15.1. The first-order valence-corrected chi connectivity index (χ1v) is 7.23. The van der Waals surface area contributed by atoms with E-state index < -0.39 is 0 Å². The average Bonchev–Trinajstić information content (AvgIpc) is 2.95. The summed E-state index contributed by atoms with van der Waals surface area (Å²) in [6.45, 7) is 7.81. The minimum absolute atomic E-state index is 0.129. The van der Waals surface area contributed by atoms with Gasteiger partial charge in [0.05, 0.1) is 11.0 Å². The Morgan fingerprint density at radius 1 is 1.37 bits per heavy atom. The number of aromatic nitrogens is 2. The molecule has 19 heavy (non-hydrogen) atoms. The average molecular weight is 257 g/mol. The van der Waals surface area contributed by atoms with Crippen LogP contribution >= 0.6 is 0 Å². The number of hydrogen-bond donors (Lipinski definition) is 1. The molecule has 1 aliphatic heterocycles. The molecule has 1 aliphatic rings. The van der Waals surface area contributed by atoms with Gasteiger partial charge >= 0.3 is 0 Å². The summed E-state index contributed by atoms with van der Waals surface area (Å²) in [4.78, 5) is 4.81. The summed E-state index contributed by atoms with van der Waals surface area (Å²) in [5, 5.41) is 3.62. The van der Waals surface area contributed by atoms with Gasteiger partial charge in [0.2, 0.25) is 0 Å². The Hall–Kier alpha value is -1.35. The Labute approximate surface area is 115 Å². The normalized spacial score (nSPS) is 23.6. The van der Waals surface area contributed by atoms with E-state index >= 15 is 0 Å². The number of benzene rings is 1. The minimum Gasteiger partial charge on any atom is -0.331 e. The van der Waals surface area contributed by atoms with Gasteiger partial charge in [0, 0.05) is 18.5 Å². The smallest absolute Gasteiger partial charge is 0.112 e. The zero-order valence-electron chi connectivity index (χ0n) is 12.3. The van der Waals surface area contributed by atoms with Gasteiger partial charge < -0.3 is 9.88 Å². The molecular formula is C16H23N3. The van der Waals surface area contributed by atoms with Crippen LogP contribution in [0.1, 0.15) is 50.9 Å². The lowest BCUT2D eigenvalue weighted by Crippen LogP contribution is -2.32. The van der Waals surface area contributed by atoms with E-state index in [0.29, 0.717) is 5.92 Å². The Morgan fingerprint density at radius 2 is 2.16 bits per heavy atom. The fourth-order valence-electron chi connectivity index (χ4n) is 3.22. The van der Waals surface area contributed by atoms with Crippen LogP contribution in [0.2, 0.25) is 0 Å². The van der Waals surface area contributed by atoms with Gasteiger partial charge in [-0.3, -0.25) is 0 Å². The number of aryl methyl sites for hydroxylation is 1. The topological polar surface area (TPSA) is 29.9 Å². The Morgan fingerprint density at radius 3 is 2.79 bits per heavy atom. The minimum atomic E-state index is 0.129. The number of nitrogens with zero attached hydrogens (tertiary/aromatic N) is 2. The van der Waals surface area contributed by atoms with Crippen LogP contribution in [0.15, 0.2) is 18.2 Å². The Kier molecular flexibility index (Phi) is 2.90. The van der Waals surface area contributed by atoms with E-state index in [1.807, 2.05) is 0 Å². The molecular weight excluding hydrogens is 234 g/mol. The van der Waals surface area contributed by atoms with Crippen molar-refractivity contribution in [1.29, 1.82) is 0 Å². The molecule has 0 amide bonds. The van der Waals surface area contributed by atoms with E-state index in [0.717, 1.165) is 17.9 Å². The predicted octanol–water partition coefficient (Wildman–Crippen LogP) is 3.30. The molecule has 1 unspecified atom stereocenters. The van der Waals surface area contributed by atoms with E-state index in [4.69, 9.17) is 4.98 Å². The number of rotatable bonds is 2. The standard InChI is InChI=1S/C16H23N3/c1-11(2)15-18-13-10-12(6-7-14(13)19(15)4)16(3)8-5-9-17-16/h6-7,10-11,17H,5,8-9H2,1-4H3. The molecule has 1 N–H and O–H groups in total. The van der Waals surface area contributed by atoms with Crippen LogP contribution in [0.4, 0.5) is 0 Å². The fraction of sp³-hybridized carbons (Fsp3) is 0.562. The lowest BCUT2D eigenvalue weighted by molar-refractivity contribution is 0.435. The number of fused-ring (bicyclic) bond motifs is 1. The quantitative estimate of drug-likeness (QED) is 0.894. The van der Waals surface area contributed by atoms with Gasteiger partial charge in [-0.2, -0.15) is 0 Å². The molecule has 3 rings (SSSR count). The summed E-state index contributed by atoms with van der Waals surface area (Å²) in [5.41, 5.74) is 3.85. The van der Waals surface area contributed by atoms with Crippen LogP contribution in [0.3, 0.4) is 0 Å². The van der Waals surface area contributed by atoms with Gasteiger partial charge in [0.25, 0.3) is 0 Å². The van der Waals surface area contributed by atoms with Crippen LogP contribution in [-0.2, 0) is 12.6 Å². The van der Waals surface area contributed by atoms with Crippen molar-refractivity contribution < 1.29 is 0 Å². The predicted molar refractivity (Wildman–Crippen MR) is 79.4 cm³/mol. The van der Waals surface area contributed by atoms with Crippen molar-refractivity contribution in [2.45, 2.75) is 45.1 Å². The molecule has 2 aromatic rings. The van der Waals surface area contributed by atoms with Crippen LogP contribution < -0.4 is 5.32 Å². The molecule has 0 spiro atoms. The molecule has 1 atom stereocenters. The molecule has 1 saturated heterocycles. The van der Waals surface area contributed by atoms with Crippen molar-refractivity contribution in [1.82, 2.24) is 14.9 Å². The second-order valence-electron chi connectivity index (χ2n) is 6.25. The molecule has 0 aliphatic carbocycles. The van der Waals surface area contributed by atoms with Crippen LogP contribution in [0.5, 0.6) is 0 Å².